The number of aromatic carboxylic acids is 1. The second-order valence-corrected chi connectivity index (χ2v) is 8.62. The minimum atomic E-state index is -0.950. The van der Waals surface area contributed by atoms with Crippen LogP contribution >= 0.6 is 0 Å². The van der Waals surface area contributed by atoms with E-state index in [0.717, 1.165) is 55.2 Å². The summed E-state index contributed by atoms with van der Waals surface area (Å²) in [5.41, 5.74) is 1.85. The number of aryl methyl sites for hydroxylation is 1. The van der Waals surface area contributed by atoms with Gasteiger partial charge in [-0.15, -0.1) is 0 Å². The van der Waals surface area contributed by atoms with Gasteiger partial charge in [-0.05, 0) is 36.8 Å². The van der Waals surface area contributed by atoms with Crippen molar-refractivity contribution in [1.82, 2.24) is 19.4 Å². The molecule has 0 spiro atoms. The molecule has 174 valence electrons. The summed E-state index contributed by atoms with van der Waals surface area (Å²) >= 11 is 0. The number of benzene rings is 1. The fraction of sp³-hybridized carbons (Fsp3) is 0.458. The predicted octanol–water partition coefficient (Wildman–Crippen LogP) is 2.64. The van der Waals surface area contributed by atoms with Crippen LogP contribution in [-0.2, 0) is 24.2 Å². The van der Waals surface area contributed by atoms with Crippen molar-refractivity contribution in [3.63, 3.8) is 0 Å². The lowest BCUT2D eigenvalue weighted by Crippen LogP contribution is -2.48. The smallest absolute Gasteiger partial charge is 0.335 e. The molecule has 2 saturated heterocycles. The number of piperazine rings is 1. The van der Waals surface area contributed by atoms with Crippen molar-refractivity contribution in [3.8, 4) is 0 Å². The van der Waals surface area contributed by atoms with Crippen molar-refractivity contribution in [2.75, 3.05) is 32.8 Å². The van der Waals surface area contributed by atoms with E-state index in [0.29, 0.717) is 31.9 Å². The Morgan fingerprint density at radius 1 is 1.15 bits per heavy atom. The van der Waals surface area contributed by atoms with Crippen molar-refractivity contribution in [2.24, 2.45) is 0 Å². The summed E-state index contributed by atoms with van der Waals surface area (Å²) in [7, 11) is 0. The normalized spacial score (nSPS) is 19.1. The number of nitrogens with zero attached hydrogens (tertiary/aromatic N) is 4. The average Bonchev–Trinajstić information content (AvgIpc) is 3.40. The summed E-state index contributed by atoms with van der Waals surface area (Å²) in [6.07, 6.45) is 1.89. The number of ether oxygens (including phenoxy) is 1. The minimum absolute atomic E-state index is 0.0649. The van der Waals surface area contributed by atoms with Gasteiger partial charge in [0.2, 0.25) is 0 Å². The molecule has 1 N–H and O–H groups in total. The third-order valence-corrected chi connectivity index (χ3v) is 6.50. The second kappa shape index (κ2) is 8.99. The first-order chi connectivity index (χ1) is 16.0. The zero-order valence-corrected chi connectivity index (χ0v) is 18.7. The van der Waals surface area contributed by atoms with Gasteiger partial charge in [0.15, 0.2) is 5.76 Å². The second-order valence-electron chi connectivity index (χ2n) is 8.62. The van der Waals surface area contributed by atoms with Gasteiger partial charge < -0.3 is 23.7 Å². The summed E-state index contributed by atoms with van der Waals surface area (Å²) in [6, 6.07) is 8.66. The molecule has 3 aromatic rings. The van der Waals surface area contributed by atoms with Gasteiger partial charge in [-0.1, -0.05) is 6.92 Å². The van der Waals surface area contributed by atoms with Crippen LogP contribution in [-0.4, -0.2) is 75.2 Å². The molecule has 2 aliphatic rings. The van der Waals surface area contributed by atoms with Gasteiger partial charge in [-0.2, -0.15) is 0 Å². The fourth-order valence-corrected chi connectivity index (χ4v) is 4.41. The van der Waals surface area contributed by atoms with E-state index in [-0.39, 0.29) is 17.6 Å². The number of amides is 1. The largest absolute Gasteiger partial charge is 0.478 e. The van der Waals surface area contributed by atoms with E-state index >= 15 is 0 Å². The Morgan fingerprint density at radius 3 is 2.58 bits per heavy atom. The van der Waals surface area contributed by atoms with Crippen molar-refractivity contribution in [1.29, 1.82) is 0 Å². The average molecular weight is 453 g/mol. The van der Waals surface area contributed by atoms with Gasteiger partial charge in [0.25, 0.3) is 5.91 Å². The van der Waals surface area contributed by atoms with E-state index in [1.165, 1.54) is 0 Å². The van der Waals surface area contributed by atoms with Crippen LogP contribution < -0.4 is 0 Å². The zero-order valence-electron chi connectivity index (χ0n) is 18.7. The highest BCUT2D eigenvalue weighted by molar-refractivity contribution is 5.92. The summed E-state index contributed by atoms with van der Waals surface area (Å²) in [5, 5.41) is 9.41. The molecule has 0 aliphatic carbocycles. The standard InChI is InChI=1S/C24H28N4O5/c1-2-17-4-6-21(33-17)23(29)27-10-8-26(9-11-27)15-22-25-19-5-3-16(24(30)31)13-20(19)28(22)14-18-7-12-32-18/h3-6,13,18H,2,7-12,14-15H2,1H3,(H,30,31). The highest BCUT2D eigenvalue weighted by atomic mass is 16.5. The number of rotatable bonds is 7. The van der Waals surface area contributed by atoms with Crippen molar-refractivity contribution in [2.45, 2.75) is 39.0 Å². The maximum Gasteiger partial charge on any atom is 0.335 e. The molecular formula is C24H28N4O5. The lowest BCUT2D eigenvalue weighted by Gasteiger charge is -2.34. The lowest BCUT2D eigenvalue weighted by molar-refractivity contribution is -0.0592. The van der Waals surface area contributed by atoms with Crippen molar-refractivity contribution < 1.29 is 23.8 Å². The zero-order chi connectivity index (χ0) is 22.9. The molecule has 0 radical (unpaired) electrons. The van der Waals surface area contributed by atoms with Crippen LogP contribution in [0.3, 0.4) is 0 Å². The van der Waals surface area contributed by atoms with Crippen LogP contribution in [0, 0.1) is 0 Å². The first-order valence-corrected chi connectivity index (χ1v) is 11.5. The molecule has 1 unspecified atom stereocenters. The number of hydrogen-bond acceptors (Lipinski definition) is 6. The molecule has 5 rings (SSSR count). The van der Waals surface area contributed by atoms with Gasteiger partial charge >= 0.3 is 5.97 Å². The Morgan fingerprint density at radius 2 is 1.94 bits per heavy atom. The van der Waals surface area contributed by atoms with Crippen LogP contribution in [0.25, 0.3) is 11.0 Å². The number of carboxylic acids is 1. The molecule has 2 aromatic heterocycles. The van der Waals surface area contributed by atoms with Gasteiger partial charge in [-0.25, -0.2) is 9.78 Å². The molecule has 0 bridgehead atoms. The SMILES string of the molecule is CCc1ccc(C(=O)N2CCN(Cc3nc4ccc(C(=O)O)cc4n3CC3CCO3)CC2)o1. The summed E-state index contributed by atoms with van der Waals surface area (Å²) < 4.78 is 13.4. The minimum Gasteiger partial charge on any atom is -0.478 e. The van der Waals surface area contributed by atoms with E-state index in [1.54, 1.807) is 24.3 Å². The molecule has 1 aromatic carbocycles. The molecule has 33 heavy (non-hydrogen) atoms. The van der Waals surface area contributed by atoms with E-state index in [9.17, 15) is 14.7 Å². The van der Waals surface area contributed by atoms with Crippen molar-refractivity contribution >= 4 is 22.9 Å². The molecule has 9 heteroatoms. The Hall–Kier alpha value is -3.17. The molecule has 9 nitrogen and oxygen atoms in total. The van der Waals surface area contributed by atoms with Crippen molar-refractivity contribution in [3.05, 3.63) is 53.2 Å². The van der Waals surface area contributed by atoms with Gasteiger partial charge in [0.05, 0.1) is 35.8 Å². The Balaban J connectivity index is 1.30. The molecule has 2 fully saturated rings. The first kappa shape index (κ1) is 21.7. The Kier molecular flexibility index (Phi) is 5.90. The number of aromatic nitrogens is 2. The van der Waals surface area contributed by atoms with Gasteiger partial charge in [-0.3, -0.25) is 9.69 Å². The summed E-state index contributed by atoms with van der Waals surface area (Å²) in [5.74, 6) is 1.09. The number of imidazole rings is 1. The number of furan rings is 1. The quantitative estimate of drug-likeness (QED) is 0.588. The Labute approximate surface area is 191 Å². The molecule has 1 atom stereocenters. The Bertz CT molecular complexity index is 1170. The topological polar surface area (TPSA) is 101 Å². The van der Waals surface area contributed by atoms with Crippen LogP contribution in [0.5, 0.6) is 0 Å². The van der Waals surface area contributed by atoms with E-state index in [4.69, 9.17) is 14.1 Å². The fourth-order valence-electron chi connectivity index (χ4n) is 4.41. The van der Waals surface area contributed by atoms with Crippen LogP contribution in [0.1, 0.15) is 45.8 Å². The van der Waals surface area contributed by atoms with E-state index in [1.807, 2.05) is 17.9 Å². The van der Waals surface area contributed by atoms with E-state index < -0.39 is 5.97 Å². The molecule has 2 aliphatic heterocycles. The summed E-state index contributed by atoms with van der Waals surface area (Å²) in [6.45, 7) is 6.76. The molecule has 1 amide bonds. The van der Waals surface area contributed by atoms with Crippen LogP contribution in [0.15, 0.2) is 34.7 Å². The number of hydrogen-bond donors (Lipinski definition) is 1. The third-order valence-electron chi connectivity index (χ3n) is 6.50. The van der Waals surface area contributed by atoms with Crippen LogP contribution in [0.4, 0.5) is 0 Å². The molecule has 0 saturated carbocycles. The first-order valence-electron chi connectivity index (χ1n) is 11.5. The van der Waals surface area contributed by atoms with E-state index in [2.05, 4.69) is 9.47 Å². The maximum absolute atomic E-state index is 12.7. The number of carboxylic acid groups (broad SMARTS) is 1. The number of carbonyl (C=O) groups is 2. The maximum atomic E-state index is 12.7. The highest BCUT2D eigenvalue weighted by Gasteiger charge is 2.27. The monoisotopic (exact) mass is 452 g/mol. The summed E-state index contributed by atoms with van der Waals surface area (Å²) in [4.78, 5) is 33.1. The number of carbonyl (C=O) groups excluding carboxylic acids is 1. The lowest BCUT2D eigenvalue weighted by atomic mass is 10.1. The number of fused-ring (bicyclic) bond motifs is 1. The molecular weight excluding hydrogens is 424 g/mol. The highest BCUT2D eigenvalue weighted by Crippen LogP contribution is 2.24. The van der Waals surface area contributed by atoms with Gasteiger partial charge in [0, 0.05) is 39.2 Å². The third kappa shape index (κ3) is 4.38. The van der Waals surface area contributed by atoms with Crippen LogP contribution in [0.2, 0.25) is 0 Å². The van der Waals surface area contributed by atoms with Gasteiger partial charge in [0.1, 0.15) is 11.6 Å². The predicted molar refractivity (Wildman–Crippen MR) is 120 cm³/mol. The molecule has 4 heterocycles.